The third-order valence-electron chi connectivity index (χ3n) is 5.26. The van der Waals surface area contributed by atoms with E-state index in [1.165, 1.54) is 5.56 Å². The van der Waals surface area contributed by atoms with Gasteiger partial charge in [-0.05, 0) is 30.9 Å². The molecule has 9 nitrogen and oxygen atoms in total. The van der Waals surface area contributed by atoms with Gasteiger partial charge in [0, 0.05) is 24.2 Å². The molecule has 180 valence electrons. The Hall–Kier alpha value is -3.04. The van der Waals surface area contributed by atoms with Crippen LogP contribution in [-0.4, -0.2) is 70.8 Å². The topological polar surface area (TPSA) is 129 Å². The van der Waals surface area contributed by atoms with Crippen LogP contribution in [0.3, 0.4) is 0 Å². The zero-order chi connectivity index (χ0) is 24.2. The lowest BCUT2D eigenvalue weighted by Crippen LogP contribution is -2.41. The third-order valence-corrected chi connectivity index (χ3v) is 5.26. The van der Waals surface area contributed by atoms with E-state index in [1.807, 2.05) is 18.2 Å². The highest BCUT2D eigenvalue weighted by Crippen LogP contribution is 2.30. The molecule has 0 atom stereocenters. The van der Waals surface area contributed by atoms with Crippen molar-refractivity contribution in [1.82, 2.24) is 9.88 Å². The Morgan fingerprint density at radius 2 is 1.70 bits per heavy atom. The number of para-hydroxylation sites is 1. The van der Waals surface area contributed by atoms with Crippen molar-refractivity contribution in [2.24, 2.45) is 0 Å². The first-order valence-electron chi connectivity index (χ1n) is 11.3. The number of anilines is 1. The average molecular weight is 460 g/mol. The minimum absolute atomic E-state index is 0.0482. The Labute approximate surface area is 193 Å². The number of rotatable bonds is 8. The Morgan fingerprint density at radius 1 is 1.03 bits per heavy atom. The number of carboxylic acid groups (broad SMARTS) is 2. The van der Waals surface area contributed by atoms with Crippen LogP contribution in [0.5, 0.6) is 0 Å². The number of amides is 1. The molecule has 9 heteroatoms. The lowest BCUT2D eigenvalue weighted by Gasteiger charge is -2.26. The number of hydrogen-bond acceptors (Lipinski definition) is 6. The van der Waals surface area contributed by atoms with Crippen LogP contribution in [0.4, 0.5) is 5.69 Å². The summed E-state index contributed by atoms with van der Waals surface area (Å²) in [4.78, 5) is 38.1. The van der Waals surface area contributed by atoms with Gasteiger partial charge in [0.25, 0.3) is 0 Å². The molecule has 1 aliphatic heterocycles. The molecular formula is C24H33N3O6. The number of nitrogens with one attached hydrogen (secondary N) is 1. The number of hydrogen-bond donors (Lipinski definition) is 3. The van der Waals surface area contributed by atoms with E-state index >= 15 is 0 Å². The normalized spacial score (nSPS) is 13.8. The van der Waals surface area contributed by atoms with E-state index < -0.39 is 11.9 Å². The number of aliphatic carboxylic acids is 2. The molecule has 3 N–H and O–H groups in total. The standard InChI is InChI=1S/C22H31N3O2.C2H2O4/c1-3-5-10-19-17(8-4-2)22(18-9-6-7-11-20(18)23-19)24-21(26)16-25-12-14-27-15-13-25;3-1(4)2(5)6/h6-7,9,11H,3-5,8,10,12-16H2,1-2H3,(H,23,24,26);(H,3,4)(H,5,6). The highest BCUT2D eigenvalue weighted by molar-refractivity contribution is 6.27. The number of carbonyl (C=O) groups is 3. The monoisotopic (exact) mass is 459 g/mol. The summed E-state index contributed by atoms with van der Waals surface area (Å²) in [6.07, 6.45) is 5.18. The van der Waals surface area contributed by atoms with Crippen molar-refractivity contribution in [3.05, 3.63) is 35.5 Å². The van der Waals surface area contributed by atoms with E-state index in [-0.39, 0.29) is 5.91 Å². The number of carbonyl (C=O) groups excluding carboxylic acids is 1. The first-order chi connectivity index (χ1) is 15.9. The molecule has 0 saturated carbocycles. The Balaban J connectivity index is 0.000000569. The van der Waals surface area contributed by atoms with E-state index in [1.54, 1.807) is 0 Å². The highest BCUT2D eigenvalue weighted by atomic mass is 16.5. The average Bonchev–Trinajstić information content (AvgIpc) is 2.80. The molecule has 1 aromatic carbocycles. The van der Waals surface area contributed by atoms with Gasteiger partial charge in [0.15, 0.2) is 0 Å². The maximum absolute atomic E-state index is 12.8. The second kappa shape index (κ2) is 13.5. The van der Waals surface area contributed by atoms with Crippen LogP contribution in [0.25, 0.3) is 10.9 Å². The van der Waals surface area contributed by atoms with Gasteiger partial charge in [-0.2, -0.15) is 0 Å². The molecule has 3 rings (SSSR count). The Morgan fingerprint density at radius 3 is 2.30 bits per heavy atom. The molecule has 2 heterocycles. The van der Waals surface area contributed by atoms with Gasteiger partial charge in [0.05, 0.1) is 31.0 Å². The summed E-state index contributed by atoms with van der Waals surface area (Å²) in [7, 11) is 0. The summed E-state index contributed by atoms with van der Waals surface area (Å²) < 4.78 is 5.38. The van der Waals surface area contributed by atoms with Gasteiger partial charge < -0.3 is 20.3 Å². The Kier molecular flexibility index (Phi) is 10.7. The lowest BCUT2D eigenvalue weighted by atomic mass is 9.98. The van der Waals surface area contributed by atoms with Crippen LogP contribution < -0.4 is 5.32 Å². The molecule has 33 heavy (non-hydrogen) atoms. The molecule has 1 aromatic heterocycles. The number of carboxylic acids is 2. The van der Waals surface area contributed by atoms with Crippen molar-refractivity contribution >= 4 is 34.4 Å². The first-order valence-corrected chi connectivity index (χ1v) is 11.3. The number of fused-ring (bicyclic) bond motifs is 1. The van der Waals surface area contributed by atoms with Gasteiger partial charge in [-0.25, -0.2) is 9.59 Å². The van der Waals surface area contributed by atoms with E-state index in [0.29, 0.717) is 19.8 Å². The summed E-state index contributed by atoms with van der Waals surface area (Å²) in [6, 6.07) is 8.13. The minimum atomic E-state index is -1.82. The molecule has 1 aliphatic rings. The summed E-state index contributed by atoms with van der Waals surface area (Å²) in [5.41, 5.74) is 4.27. The van der Waals surface area contributed by atoms with E-state index in [0.717, 1.165) is 67.5 Å². The molecule has 0 bridgehead atoms. The molecule has 2 aromatic rings. The SMILES string of the molecule is CCCCc1nc2ccccc2c(NC(=O)CN2CCOCC2)c1CCC.O=C(O)C(=O)O. The van der Waals surface area contributed by atoms with Crippen LogP contribution in [0, 0.1) is 0 Å². The highest BCUT2D eigenvalue weighted by Gasteiger charge is 2.19. The summed E-state index contributed by atoms with van der Waals surface area (Å²) in [5.74, 6) is -3.60. The van der Waals surface area contributed by atoms with Crippen LogP contribution in [0.15, 0.2) is 24.3 Å². The van der Waals surface area contributed by atoms with Crippen molar-refractivity contribution in [2.45, 2.75) is 46.0 Å². The number of benzene rings is 1. The second-order valence-electron chi connectivity index (χ2n) is 7.83. The molecule has 0 spiro atoms. The molecule has 0 aliphatic carbocycles. The quantitative estimate of drug-likeness (QED) is 0.514. The second-order valence-corrected chi connectivity index (χ2v) is 7.83. The summed E-state index contributed by atoms with van der Waals surface area (Å²) in [5, 5.41) is 19.1. The zero-order valence-electron chi connectivity index (χ0n) is 19.3. The largest absolute Gasteiger partial charge is 0.473 e. The molecule has 0 radical (unpaired) electrons. The van der Waals surface area contributed by atoms with E-state index in [2.05, 4.69) is 30.1 Å². The van der Waals surface area contributed by atoms with Gasteiger partial charge in [0.1, 0.15) is 0 Å². The van der Waals surface area contributed by atoms with Crippen molar-refractivity contribution in [1.29, 1.82) is 0 Å². The van der Waals surface area contributed by atoms with Crippen molar-refractivity contribution < 1.29 is 29.3 Å². The van der Waals surface area contributed by atoms with Crippen LogP contribution >= 0.6 is 0 Å². The van der Waals surface area contributed by atoms with Gasteiger partial charge in [-0.15, -0.1) is 0 Å². The molecule has 1 saturated heterocycles. The number of ether oxygens (including phenoxy) is 1. The van der Waals surface area contributed by atoms with Crippen LogP contribution in [0.1, 0.15) is 44.4 Å². The number of aromatic nitrogens is 1. The third kappa shape index (κ3) is 8.11. The zero-order valence-corrected chi connectivity index (χ0v) is 19.3. The number of aryl methyl sites for hydroxylation is 1. The predicted molar refractivity (Wildman–Crippen MR) is 126 cm³/mol. The molecule has 1 fully saturated rings. The van der Waals surface area contributed by atoms with Crippen molar-refractivity contribution in [3.8, 4) is 0 Å². The van der Waals surface area contributed by atoms with E-state index in [4.69, 9.17) is 29.5 Å². The number of morpholine rings is 1. The lowest BCUT2D eigenvalue weighted by molar-refractivity contribution is -0.159. The van der Waals surface area contributed by atoms with Crippen molar-refractivity contribution in [3.63, 3.8) is 0 Å². The molecular weight excluding hydrogens is 426 g/mol. The number of pyridine rings is 1. The van der Waals surface area contributed by atoms with Gasteiger partial charge in [-0.1, -0.05) is 44.9 Å². The number of nitrogens with zero attached hydrogens (tertiary/aromatic N) is 2. The summed E-state index contributed by atoms with van der Waals surface area (Å²) >= 11 is 0. The van der Waals surface area contributed by atoms with Crippen LogP contribution in [-0.2, 0) is 32.0 Å². The van der Waals surface area contributed by atoms with Crippen LogP contribution in [0.2, 0.25) is 0 Å². The van der Waals surface area contributed by atoms with Gasteiger partial charge >= 0.3 is 11.9 Å². The number of unbranched alkanes of at least 4 members (excludes halogenated alkanes) is 1. The smallest absolute Gasteiger partial charge is 0.414 e. The Bertz CT molecular complexity index is 945. The van der Waals surface area contributed by atoms with E-state index in [9.17, 15) is 4.79 Å². The molecule has 0 unspecified atom stereocenters. The maximum Gasteiger partial charge on any atom is 0.414 e. The van der Waals surface area contributed by atoms with Crippen molar-refractivity contribution in [2.75, 3.05) is 38.2 Å². The molecule has 1 amide bonds. The minimum Gasteiger partial charge on any atom is -0.473 e. The fourth-order valence-corrected chi connectivity index (χ4v) is 3.66. The fourth-order valence-electron chi connectivity index (χ4n) is 3.66. The predicted octanol–water partition coefficient (Wildman–Crippen LogP) is 2.96. The maximum atomic E-state index is 12.8. The fraction of sp³-hybridized carbons (Fsp3) is 0.500. The van der Waals surface area contributed by atoms with Gasteiger partial charge in [-0.3, -0.25) is 14.7 Å². The van der Waals surface area contributed by atoms with Gasteiger partial charge in [0.2, 0.25) is 5.91 Å². The first kappa shape index (κ1) is 26.2. The summed E-state index contributed by atoms with van der Waals surface area (Å²) in [6.45, 7) is 7.82.